The Morgan fingerprint density at radius 1 is 1.08 bits per heavy atom. The number of methoxy groups -OCH3 is 1. The van der Waals surface area contributed by atoms with Gasteiger partial charge in [0, 0.05) is 10.8 Å². The second kappa shape index (κ2) is 11.4. The van der Waals surface area contributed by atoms with Crippen molar-refractivity contribution in [3.8, 4) is 5.75 Å². The van der Waals surface area contributed by atoms with Crippen LogP contribution in [0.2, 0.25) is 5.02 Å². The summed E-state index contributed by atoms with van der Waals surface area (Å²) in [6.45, 7) is 0. The fraction of sp³-hybridized carbons (Fsp3) is 0.105. The van der Waals surface area contributed by atoms with Gasteiger partial charge in [-0.25, -0.2) is 4.79 Å². The number of rotatable bonds is 3. The van der Waals surface area contributed by atoms with Crippen molar-refractivity contribution >= 4 is 29.3 Å². The molecule has 1 aromatic rings. The monoisotopic (exact) mass is 416 g/mol. The number of hydrogen-bond acceptors (Lipinski definition) is 4. The average molecular weight is 417 g/mol. The van der Waals surface area contributed by atoms with Crippen molar-refractivity contribution in [3.05, 3.63) is 85.9 Å². The summed E-state index contributed by atoms with van der Waals surface area (Å²) in [5.74, 6) is 0.168. The van der Waals surface area contributed by atoms with Gasteiger partial charge in [-0.05, 0) is 75.7 Å². The van der Waals surface area contributed by atoms with Gasteiger partial charge in [-0.1, -0.05) is 11.6 Å². The Bertz CT molecular complexity index is 563. The number of benzene rings is 1. The summed E-state index contributed by atoms with van der Waals surface area (Å²) < 4.78 is 4.67. The van der Waals surface area contributed by atoms with E-state index in [1.54, 1.807) is 6.26 Å². The minimum atomic E-state index is -0.599. The smallest absolute Gasteiger partial charge is 0.507 e. The summed E-state index contributed by atoms with van der Waals surface area (Å²) in [5.41, 5.74) is 0.802. The van der Waals surface area contributed by atoms with Crippen LogP contribution in [0.5, 0.6) is 5.75 Å². The van der Waals surface area contributed by atoms with Crippen molar-refractivity contribution in [2.24, 2.45) is 0 Å². The first kappa shape index (κ1) is 22.7. The van der Waals surface area contributed by atoms with Crippen molar-refractivity contribution in [1.29, 1.82) is 0 Å². The third-order valence-corrected chi connectivity index (χ3v) is 4.64. The molecule has 0 bridgehead atoms. The Morgan fingerprint density at radius 3 is 2.04 bits per heavy atom. The van der Waals surface area contributed by atoms with Crippen LogP contribution < -0.4 is 0 Å². The number of phenols is 1. The van der Waals surface area contributed by atoms with Crippen LogP contribution in [-0.2, 0) is 21.8 Å². The van der Waals surface area contributed by atoms with Gasteiger partial charge >= 0.3 is 23.0 Å². The maximum Gasteiger partial charge on any atom is 2.00 e. The Kier molecular flexibility index (Phi) is 10.3. The first-order valence-corrected chi connectivity index (χ1v) is 8.77. The largest absolute Gasteiger partial charge is 2.00 e. The second-order valence-corrected chi connectivity index (χ2v) is 5.99. The number of ether oxygens (including phenoxy) is 1. The third-order valence-electron chi connectivity index (χ3n) is 3.32. The topological polar surface area (TPSA) is 46.5 Å². The van der Waals surface area contributed by atoms with Gasteiger partial charge < -0.3 is 9.84 Å². The molecule has 2 aliphatic rings. The zero-order chi connectivity index (χ0) is 17.5. The van der Waals surface area contributed by atoms with Crippen LogP contribution in [0.15, 0.2) is 11.0 Å². The van der Waals surface area contributed by atoms with Crippen LogP contribution >= 0.6 is 23.4 Å². The molecule has 1 aromatic carbocycles. The van der Waals surface area contributed by atoms with Crippen molar-refractivity contribution < 1.29 is 31.7 Å². The van der Waals surface area contributed by atoms with Gasteiger partial charge in [0.15, 0.2) is 0 Å². The molecule has 3 nitrogen and oxygen atoms in total. The Hall–Kier alpha value is -0.351. The zero-order valence-corrected chi connectivity index (χ0v) is 16.4. The summed E-state index contributed by atoms with van der Waals surface area (Å²) in [7, 11) is 1.27. The van der Waals surface area contributed by atoms with Gasteiger partial charge in [-0.2, -0.15) is 0 Å². The van der Waals surface area contributed by atoms with Crippen LogP contribution in [0.3, 0.4) is 0 Å². The molecule has 0 saturated heterocycles. The maximum atomic E-state index is 11.7. The van der Waals surface area contributed by atoms with Crippen molar-refractivity contribution in [3.63, 3.8) is 0 Å². The van der Waals surface area contributed by atoms with Crippen LogP contribution in [-0.4, -0.2) is 24.4 Å². The van der Waals surface area contributed by atoms with Gasteiger partial charge in [0.2, 0.25) is 0 Å². The van der Waals surface area contributed by atoms with E-state index in [2.05, 4.69) is 4.74 Å². The fourth-order valence-electron chi connectivity index (χ4n) is 2.20. The molecule has 0 aliphatic heterocycles. The van der Waals surface area contributed by atoms with Crippen LogP contribution in [0.4, 0.5) is 0 Å². The van der Waals surface area contributed by atoms with Crippen LogP contribution in [0.1, 0.15) is 15.9 Å². The molecule has 6 heteroatoms. The predicted molar refractivity (Wildman–Crippen MR) is 97.3 cm³/mol. The number of aromatic hydroxyl groups is 1. The summed E-state index contributed by atoms with van der Waals surface area (Å²) in [5, 5.41) is 10.5. The van der Waals surface area contributed by atoms with E-state index in [0.29, 0.717) is 15.5 Å². The quantitative estimate of drug-likeness (QED) is 0.453. The third kappa shape index (κ3) is 5.82. The first-order valence-electron chi connectivity index (χ1n) is 7.16. The molecule has 0 spiro atoms. The number of carbonyl (C=O) groups excluding carboxylic acids is 1. The molecule has 130 valence electrons. The van der Waals surface area contributed by atoms with E-state index in [0.717, 1.165) is 5.92 Å². The van der Waals surface area contributed by atoms with E-state index in [-0.39, 0.29) is 28.4 Å². The van der Waals surface area contributed by atoms with E-state index in [1.165, 1.54) is 24.9 Å². The number of phenolic OH excluding ortho intramolecular Hbond substituents is 1. The maximum absolute atomic E-state index is 11.7. The average Bonchev–Trinajstić information content (AvgIpc) is 3.31. The molecule has 2 saturated carbocycles. The summed E-state index contributed by atoms with van der Waals surface area (Å²) in [6.07, 6.45) is 19.3. The minimum Gasteiger partial charge on any atom is -0.507 e. The van der Waals surface area contributed by atoms with Gasteiger partial charge in [0.25, 0.3) is 0 Å². The van der Waals surface area contributed by atoms with Crippen molar-refractivity contribution in [1.82, 2.24) is 0 Å². The van der Waals surface area contributed by atoms with Crippen molar-refractivity contribution in [2.75, 3.05) is 13.4 Å². The molecule has 25 heavy (non-hydrogen) atoms. The molecular weight excluding hydrogens is 400 g/mol. The molecule has 0 atom stereocenters. The Balaban J connectivity index is 0.000000448. The SMILES string of the molecule is COC(=O)c1c(O)cc([C]2[CH][CH][CH][CH]2)c(Cl)c1SC.[CH]1[CH][CH][CH][CH]1.[Fe+2]. The molecular formula is C19H17ClFeO3S+2. The van der Waals surface area contributed by atoms with E-state index < -0.39 is 5.97 Å². The fourth-order valence-corrected chi connectivity index (χ4v) is 3.37. The summed E-state index contributed by atoms with van der Waals surface area (Å²) in [4.78, 5) is 12.2. The molecule has 0 aromatic heterocycles. The normalized spacial score (nSPS) is 16.8. The summed E-state index contributed by atoms with van der Waals surface area (Å²) in [6, 6.07) is 1.49. The van der Waals surface area contributed by atoms with E-state index in [9.17, 15) is 9.90 Å². The molecule has 0 heterocycles. The molecule has 10 radical (unpaired) electrons. The molecule has 2 fully saturated rings. The van der Waals surface area contributed by atoms with Crippen molar-refractivity contribution in [2.45, 2.75) is 4.90 Å². The zero-order valence-electron chi connectivity index (χ0n) is 13.7. The standard InChI is InChI=1S/C14H12ClO3S.C5H5.Fe/c1-18-14(17)11-10(16)7-9(8-5-3-4-6-8)12(15)13(11)19-2;1-2-4-5-3-1;/h3-7,16H,1-2H3;1-5H;/q;;+2. The molecule has 0 unspecified atom stereocenters. The van der Waals surface area contributed by atoms with Crippen LogP contribution in [0, 0.1) is 63.7 Å². The number of esters is 1. The first-order chi connectivity index (χ1) is 11.6. The van der Waals surface area contributed by atoms with Gasteiger partial charge in [-0.3, -0.25) is 0 Å². The number of halogens is 1. The number of hydrogen-bond donors (Lipinski definition) is 1. The number of thioether (sulfide) groups is 1. The van der Waals surface area contributed by atoms with E-state index >= 15 is 0 Å². The summed E-state index contributed by atoms with van der Waals surface area (Å²) >= 11 is 7.64. The van der Waals surface area contributed by atoms with Gasteiger partial charge in [0.1, 0.15) is 11.3 Å². The molecule has 2 aliphatic carbocycles. The van der Waals surface area contributed by atoms with Crippen LogP contribution in [0.25, 0.3) is 0 Å². The number of carbonyl (C=O) groups is 1. The van der Waals surface area contributed by atoms with E-state index in [4.69, 9.17) is 11.6 Å². The Morgan fingerprint density at radius 2 is 1.60 bits per heavy atom. The second-order valence-electron chi connectivity index (χ2n) is 4.79. The molecule has 3 rings (SSSR count). The van der Waals surface area contributed by atoms with Gasteiger partial charge in [0.05, 0.1) is 12.1 Å². The predicted octanol–water partition coefficient (Wildman–Crippen LogP) is 4.33. The van der Waals surface area contributed by atoms with E-state index in [1.807, 2.05) is 57.8 Å². The Labute approximate surface area is 170 Å². The minimum absolute atomic E-state index is 0. The molecule has 1 N–H and O–H groups in total. The van der Waals surface area contributed by atoms with Gasteiger partial charge in [-0.15, -0.1) is 11.8 Å². The molecule has 0 amide bonds.